The Morgan fingerprint density at radius 1 is 1.67 bits per heavy atom. The molecule has 52 valence electrons. The Balaban J connectivity index is 2.28. The van der Waals surface area contributed by atoms with Crippen LogP contribution in [0.15, 0.2) is 0 Å². The van der Waals surface area contributed by atoms with Crippen molar-refractivity contribution in [2.24, 2.45) is 10.6 Å². The molecule has 1 atom stereocenters. The normalized spacial score (nSPS) is 45.0. The van der Waals surface area contributed by atoms with Gasteiger partial charge < -0.3 is 4.74 Å². The van der Waals surface area contributed by atoms with Crippen molar-refractivity contribution in [2.75, 3.05) is 19.0 Å². The van der Waals surface area contributed by atoms with Gasteiger partial charge in [-0.15, -0.1) is 0 Å². The molecule has 2 N–H and O–H groups in total. The van der Waals surface area contributed by atoms with Crippen molar-refractivity contribution in [3.63, 3.8) is 0 Å². The molecule has 0 amide bonds. The van der Waals surface area contributed by atoms with Crippen LogP contribution in [-0.4, -0.2) is 28.5 Å². The van der Waals surface area contributed by atoms with E-state index in [2.05, 4.69) is 0 Å². The van der Waals surface area contributed by atoms with Gasteiger partial charge in [0.1, 0.15) is 0 Å². The minimum Gasteiger partial charge on any atom is -0.379 e. The number of hydrogen-bond donors (Lipinski definition) is 1. The summed E-state index contributed by atoms with van der Waals surface area (Å²) in [6.07, 6.45) is 0. The lowest BCUT2D eigenvalue weighted by molar-refractivity contribution is -0.0549. The van der Waals surface area contributed by atoms with E-state index in [4.69, 9.17) is 9.88 Å². The first-order valence-electron chi connectivity index (χ1n) is 2.85. The maximum absolute atomic E-state index is 10.9. The molecule has 2 heterocycles. The van der Waals surface area contributed by atoms with Crippen LogP contribution in [0.5, 0.6) is 0 Å². The highest BCUT2D eigenvalue weighted by atomic mass is 32.2. The van der Waals surface area contributed by atoms with Crippen LogP contribution in [0.1, 0.15) is 0 Å². The molecule has 2 rings (SSSR count). The van der Waals surface area contributed by atoms with Gasteiger partial charge in [-0.1, -0.05) is 0 Å². The molecule has 0 aromatic rings. The molecule has 1 spiro atoms. The second kappa shape index (κ2) is 1.33. The number of hydrogen-bond acceptors (Lipinski definition) is 2. The fourth-order valence-corrected chi connectivity index (χ4v) is 3.36. The van der Waals surface area contributed by atoms with Gasteiger partial charge in [0.05, 0.1) is 18.6 Å². The second-order valence-corrected chi connectivity index (χ2v) is 4.98. The fourth-order valence-electron chi connectivity index (χ4n) is 1.36. The lowest BCUT2D eigenvalue weighted by atomic mass is 9.91. The van der Waals surface area contributed by atoms with Gasteiger partial charge in [-0.05, 0) is 5.37 Å². The zero-order valence-electron chi connectivity index (χ0n) is 5.00. The van der Waals surface area contributed by atoms with Gasteiger partial charge in [0.15, 0.2) is 0 Å². The Morgan fingerprint density at radius 2 is 2.22 bits per heavy atom. The van der Waals surface area contributed by atoms with Gasteiger partial charge in [-0.3, -0.25) is 9.35 Å². The largest absolute Gasteiger partial charge is 0.379 e. The van der Waals surface area contributed by atoms with Crippen molar-refractivity contribution in [1.82, 2.24) is 0 Å². The SMILES string of the molecule is NS1(=O)=CC2(COC2)C1. The summed E-state index contributed by atoms with van der Waals surface area (Å²) < 4.78 is 15.9. The summed E-state index contributed by atoms with van der Waals surface area (Å²) in [5.41, 5.74) is 0.131. The molecule has 3 nitrogen and oxygen atoms in total. The standard InChI is InChI=1S/C5H9NO2S/c6-9(7)3-5(4-9)1-8-2-5/h3H,1-2,4H2,(H2,6,7). The molecular formula is C5H9NO2S. The Morgan fingerprint density at radius 3 is 2.33 bits per heavy atom. The van der Waals surface area contributed by atoms with Crippen LogP contribution in [0.2, 0.25) is 0 Å². The van der Waals surface area contributed by atoms with E-state index in [1.165, 1.54) is 0 Å². The molecule has 1 fully saturated rings. The van der Waals surface area contributed by atoms with Crippen LogP contribution >= 0.6 is 0 Å². The van der Waals surface area contributed by atoms with Crippen LogP contribution in [-0.2, 0) is 14.4 Å². The molecule has 2 aliphatic heterocycles. The first-order valence-corrected chi connectivity index (χ1v) is 4.71. The molecule has 1 unspecified atom stereocenters. The second-order valence-electron chi connectivity index (χ2n) is 2.90. The average Bonchev–Trinajstić information content (AvgIpc) is 1.54. The van der Waals surface area contributed by atoms with Crippen molar-refractivity contribution >= 4 is 15.1 Å². The van der Waals surface area contributed by atoms with Gasteiger partial charge in [-0.25, -0.2) is 0 Å². The molecule has 0 saturated carbocycles. The highest BCUT2D eigenvalue weighted by Crippen LogP contribution is 2.33. The number of rotatable bonds is 0. The van der Waals surface area contributed by atoms with Crippen LogP contribution in [0, 0.1) is 5.41 Å². The van der Waals surface area contributed by atoms with Crippen LogP contribution in [0.3, 0.4) is 0 Å². The highest BCUT2D eigenvalue weighted by Gasteiger charge is 2.46. The summed E-state index contributed by atoms with van der Waals surface area (Å²) in [6, 6.07) is 0. The van der Waals surface area contributed by atoms with E-state index in [1.807, 2.05) is 0 Å². The first kappa shape index (κ1) is 5.70. The van der Waals surface area contributed by atoms with Gasteiger partial charge in [0, 0.05) is 15.5 Å². The maximum atomic E-state index is 10.9. The van der Waals surface area contributed by atoms with Crippen LogP contribution in [0.25, 0.3) is 0 Å². The van der Waals surface area contributed by atoms with Crippen molar-refractivity contribution in [3.8, 4) is 0 Å². The summed E-state index contributed by atoms with van der Waals surface area (Å²) in [5.74, 6) is 0.639. The van der Waals surface area contributed by atoms with Gasteiger partial charge in [0.2, 0.25) is 0 Å². The van der Waals surface area contributed by atoms with Crippen molar-refractivity contribution < 1.29 is 8.95 Å². The molecule has 4 heteroatoms. The molecule has 9 heavy (non-hydrogen) atoms. The van der Waals surface area contributed by atoms with Gasteiger partial charge in [-0.2, -0.15) is 0 Å². The molecule has 0 bridgehead atoms. The third-order valence-corrected chi connectivity index (χ3v) is 3.67. The topological polar surface area (TPSA) is 52.3 Å². The molecular weight excluding hydrogens is 138 g/mol. The highest BCUT2D eigenvalue weighted by molar-refractivity contribution is 8.01. The third kappa shape index (κ3) is 0.705. The molecule has 0 aromatic heterocycles. The van der Waals surface area contributed by atoms with E-state index >= 15 is 0 Å². The molecule has 2 aliphatic rings. The Kier molecular flexibility index (Phi) is 0.845. The molecule has 0 aliphatic carbocycles. The summed E-state index contributed by atoms with van der Waals surface area (Å²) in [4.78, 5) is 0. The predicted octanol–water partition coefficient (Wildman–Crippen LogP) is -1.02. The third-order valence-electron chi connectivity index (χ3n) is 1.74. The lowest BCUT2D eigenvalue weighted by Crippen LogP contribution is -2.59. The summed E-state index contributed by atoms with van der Waals surface area (Å²) in [5, 5.41) is 7.08. The molecule has 1 saturated heterocycles. The van der Waals surface area contributed by atoms with Gasteiger partial charge >= 0.3 is 0 Å². The minimum absolute atomic E-state index is 0.131. The smallest absolute Gasteiger partial charge is 0.0595 e. The fraction of sp³-hybridized carbons (Fsp3) is 0.800. The van der Waals surface area contributed by atoms with Crippen molar-refractivity contribution in [1.29, 1.82) is 0 Å². The van der Waals surface area contributed by atoms with E-state index in [0.717, 1.165) is 13.2 Å². The zero-order valence-corrected chi connectivity index (χ0v) is 5.82. The van der Waals surface area contributed by atoms with E-state index < -0.39 is 9.71 Å². The Hall–Kier alpha value is -0.0600. The predicted molar refractivity (Wildman–Crippen MR) is 36.5 cm³/mol. The molecule has 0 radical (unpaired) electrons. The van der Waals surface area contributed by atoms with E-state index in [9.17, 15) is 4.21 Å². The maximum Gasteiger partial charge on any atom is 0.0595 e. The van der Waals surface area contributed by atoms with Crippen molar-refractivity contribution in [2.45, 2.75) is 0 Å². The summed E-state index contributed by atoms with van der Waals surface area (Å²) in [7, 11) is -2.00. The van der Waals surface area contributed by atoms with E-state index in [1.54, 1.807) is 5.37 Å². The lowest BCUT2D eigenvalue weighted by Gasteiger charge is -2.45. The monoisotopic (exact) mass is 147 g/mol. The summed E-state index contributed by atoms with van der Waals surface area (Å²) in [6.45, 7) is 1.45. The van der Waals surface area contributed by atoms with Crippen molar-refractivity contribution in [3.05, 3.63) is 0 Å². The van der Waals surface area contributed by atoms with E-state index in [0.29, 0.717) is 5.75 Å². The average molecular weight is 147 g/mol. The quantitative estimate of drug-likeness (QED) is 0.446. The summed E-state index contributed by atoms with van der Waals surface area (Å²) >= 11 is 0. The van der Waals surface area contributed by atoms with Crippen LogP contribution < -0.4 is 5.14 Å². The Bertz CT molecular complexity index is 248. The van der Waals surface area contributed by atoms with Crippen LogP contribution in [0.4, 0.5) is 0 Å². The first-order chi connectivity index (χ1) is 4.12. The zero-order chi connectivity index (χ0) is 6.54. The van der Waals surface area contributed by atoms with Gasteiger partial charge in [0.25, 0.3) is 0 Å². The minimum atomic E-state index is -2.00. The molecule has 0 aromatic carbocycles. The van der Waals surface area contributed by atoms with E-state index in [-0.39, 0.29) is 5.41 Å². The number of nitrogens with two attached hydrogens (primary N) is 1. The Labute approximate surface area is 54.3 Å². The number of ether oxygens (including phenoxy) is 1.